The highest BCUT2D eigenvalue weighted by Crippen LogP contribution is 2.27. The Kier molecular flexibility index (Phi) is 6.24. The molecule has 168 valence electrons. The molecule has 1 amide bonds. The Hall–Kier alpha value is -2.86. The summed E-state index contributed by atoms with van der Waals surface area (Å²) in [6.45, 7) is 6.06. The van der Waals surface area contributed by atoms with Crippen LogP contribution in [0.25, 0.3) is 10.8 Å². The van der Waals surface area contributed by atoms with E-state index >= 15 is 0 Å². The maximum absolute atomic E-state index is 13.6. The van der Waals surface area contributed by atoms with Crippen LogP contribution in [-0.2, 0) is 21.2 Å². The summed E-state index contributed by atoms with van der Waals surface area (Å²) in [5.41, 5.74) is 3.09. The Morgan fingerprint density at radius 3 is 2.53 bits per heavy atom. The van der Waals surface area contributed by atoms with Gasteiger partial charge in [-0.05, 0) is 60.7 Å². The molecule has 0 radical (unpaired) electrons. The Labute approximate surface area is 189 Å². The molecule has 5 nitrogen and oxygen atoms in total. The monoisotopic (exact) mass is 451 g/mol. The second kappa shape index (κ2) is 8.94. The van der Waals surface area contributed by atoms with Crippen molar-refractivity contribution in [1.82, 2.24) is 4.90 Å². The van der Waals surface area contributed by atoms with Gasteiger partial charge in [0.1, 0.15) is 5.75 Å². The average molecular weight is 452 g/mol. The first-order valence-corrected chi connectivity index (χ1v) is 12.8. The van der Waals surface area contributed by atoms with E-state index in [0.717, 1.165) is 27.5 Å². The van der Waals surface area contributed by atoms with Crippen LogP contribution in [0.2, 0.25) is 0 Å². The number of carbonyl (C=O) groups excluding carboxylic acids is 1. The zero-order chi connectivity index (χ0) is 22.9. The SMILES string of the molecule is Cc1cccc(O[C@H](C)C(=O)N(Cc2cccc3ccccc23)[C@H]2CCS(=O)(=O)C2)c1C. The zero-order valence-corrected chi connectivity index (χ0v) is 19.6. The fourth-order valence-electron chi connectivity index (χ4n) is 4.35. The van der Waals surface area contributed by atoms with Crippen LogP contribution in [-0.4, -0.2) is 42.9 Å². The summed E-state index contributed by atoms with van der Waals surface area (Å²) in [6, 6.07) is 19.5. The molecule has 1 heterocycles. The molecule has 6 heteroatoms. The number of hydrogen-bond donors (Lipinski definition) is 0. The van der Waals surface area contributed by atoms with E-state index in [2.05, 4.69) is 0 Å². The van der Waals surface area contributed by atoms with Crippen molar-refractivity contribution in [2.24, 2.45) is 0 Å². The smallest absolute Gasteiger partial charge is 0.263 e. The summed E-state index contributed by atoms with van der Waals surface area (Å²) in [4.78, 5) is 15.3. The van der Waals surface area contributed by atoms with Crippen molar-refractivity contribution in [2.75, 3.05) is 11.5 Å². The molecule has 2 atom stereocenters. The summed E-state index contributed by atoms with van der Waals surface area (Å²) >= 11 is 0. The highest BCUT2D eigenvalue weighted by atomic mass is 32.2. The summed E-state index contributed by atoms with van der Waals surface area (Å²) in [5, 5.41) is 2.16. The van der Waals surface area contributed by atoms with E-state index in [1.807, 2.05) is 74.5 Å². The first kappa shape index (κ1) is 22.3. The lowest BCUT2D eigenvalue weighted by Gasteiger charge is -2.31. The highest BCUT2D eigenvalue weighted by Gasteiger charge is 2.37. The van der Waals surface area contributed by atoms with Gasteiger partial charge in [-0.2, -0.15) is 0 Å². The van der Waals surface area contributed by atoms with E-state index < -0.39 is 15.9 Å². The van der Waals surface area contributed by atoms with Gasteiger partial charge in [-0.25, -0.2) is 8.42 Å². The number of hydrogen-bond acceptors (Lipinski definition) is 4. The summed E-state index contributed by atoms with van der Waals surface area (Å²) in [6.07, 6.45) is -0.275. The van der Waals surface area contributed by atoms with Crippen molar-refractivity contribution in [3.05, 3.63) is 77.4 Å². The molecule has 1 fully saturated rings. The third-order valence-corrected chi connectivity index (χ3v) is 8.11. The average Bonchev–Trinajstić information content (AvgIpc) is 3.14. The van der Waals surface area contributed by atoms with Crippen molar-refractivity contribution in [1.29, 1.82) is 0 Å². The predicted molar refractivity (Wildman–Crippen MR) is 128 cm³/mol. The molecule has 0 unspecified atom stereocenters. The molecule has 0 spiro atoms. The molecule has 1 saturated heterocycles. The molecule has 0 aromatic heterocycles. The minimum Gasteiger partial charge on any atom is -0.481 e. The van der Waals surface area contributed by atoms with Crippen LogP contribution in [0.4, 0.5) is 0 Å². The van der Waals surface area contributed by atoms with Crippen LogP contribution in [0, 0.1) is 13.8 Å². The minimum absolute atomic E-state index is 0.000299. The van der Waals surface area contributed by atoms with E-state index in [1.54, 1.807) is 11.8 Å². The van der Waals surface area contributed by atoms with Gasteiger partial charge in [0.15, 0.2) is 15.9 Å². The van der Waals surface area contributed by atoms with Crippen molar-refractivity contribution < 1.29 is 17.9 Å². The predicted octanol–water partition coefficient (Wildman–Crippen LogP) is 4.44. The van der Waals surface area contributed by atoms with E-state index in [-0.39, 0.29) is 23.5 Å². The van der Waals surface area contributed by atoms with Crippen LogP contribution < -0.4 is 4.74 Å². The Morgan fingerprint density at radius 2 is 1.78 bits per heavy atom. The Morgan fingerprint density at radius 1 is 1.06 bits per heavy atom. The summed E-state index contributed by atoms with van der Waals surface area (Å²) in [5.74, 6) is 0.596. The molecule has 4 rings (SSSR count). The van der Waals surface area contributed by atoms with Crippen LogP contribution in [0.3, 0.4) is 0 Å². The molecule has 1 aliphatic rings. The second-order valence-electron chi connectivity index (χ2n) is 8.62. The molecule has 32 heavy (non-hydrogen) atoms. The van der Waals surface area contributed by atoms with Gasteiger partial charge in [0.05, 0.1) is 11.5 Å². The molecule has 3 aromatic rings. The Bertz CT molecular complexity index is 1250. The number of rotatable bonds is 6. The fourth-order valence-corrected chi connectivity index (χ4v) is 6.08. The fraction of sp³-hybridized carbons (Fsp3) is 0.346. The van der Waals surface area contributed by atoms with E-state index in [1.165, 1.54) is 0 Å². The third kappa shape index (κ3) is 4.65. The number of aryl methyl sites for hydroxylation is 1. The van der Waals surface area contributed by atoms with Crippen LogP contribution in [0.1, 0.15) is 30.0 Å². The molecule has 1 aliphatic heterocycles. The van der Waals surface area contributed by atoms with Crippen LogP contribution in [0.5, 0.6) is 5.75 Å². The number of carbonyl (C=O) groups is 1. The maximum Gasteiger partial charge on any atom is 0.263 e. The molecule has 0 aliphatic carbocycles. The number of ether oxygens (including phenoxy) is 1. The topological polar surface area (TPSA) is 63.7 Å². The van der Waals surface area contributed by atoms with Crippen LogP contribution in [0.15, 0.2) is 60.7 Å². The standard InChI is InChI=1S/C26H29NO4S/c1-18-8-6-13-25(19(18)2)31-20(3)26(28)27(23-14-15-32(29,30)17-23)16-22-11-7-10-21-9-4-5-12-24(21)22/h4-13,20,23H,14-17H2,1-3H3/t20-,23+/m1/s1. The number of sulfone groups is 1. The Balaban J connectivity index is 1.64. The summed E-state index contributed by atoms with van der Waals surface area (Å²) < 4.78 is 30.5. The van der Waals surface area contributed by atoms with E-state index in [9.17, 15) is 13.2 Å². The molecule has 0 bridgehead atoms. The molecular formula is C26H29NO4S. The minimum atomic E-state index is -3.14. The van der Waals surface area contributed by atoms with Crippen molar-refractivity contribution >= 4 is 26.5 Å². The van der Waals surface area contributed by atoms with Crippen molar-refractivity contribution in [2.45, 2.75) is 45.9 Å². The number of amides is 1. The largest absolute Gasteiger partial charge is 0.481 e. The molecule has 0 saturated carbocycles. The quantitative estimate of drug-likeness (QED) is 0.556. The van der Waals surface area contributed by atoms with Gasteiger partial charge in [-0.3, -0.25) is 4.79 Å². The van der Waals surface area contributed by atoms with E-state index in [0.29, 0.717) is 18.7 Å². The van der Waals surface area contributed by atoms with Gasteiger partial charge in [-0.1, -0.05) is 54.6 Å². The first-order chi connectivity index (χ1) is 15.2. The maximum atomic E-state index is 13.6. The number of fused-ring (bicyclic) bond motifs is 1. The normalized spacial score (nSPS) is 18.4. The third-order valence-electron chi connectivity index (χ3n) is 6.36. The molecular weight excluding hydrogens is 422 g/mol. The molecule has 0 N–H and O–H groups in total. The van der Waals surface area contributed by atoms with Gasteiger partial charge in [0.25, 0.3) is 5.91 Å². The lowest BCUT2D eigenvalue weighted by atomic mass is 10.0. The van der Waals surface area contributed by atoms with Crippen LogP contribution >= 0.6 is 0 Å². The first-order valence-electron chi connectivity index (χ1n) is 11.0. The van der Waals surface area contributed by atoms with Crippen molar-refractivity contribution in [3.63, 3.8) is 0 Å². The summed E-state index contributed by atoms with van der Waals surface area (Å²) in [7, 11) is -3.14. The zero-order valence-electron chi connectivity index (χ0n) is 18.7. The van der Waals surface area contributed by atoms with Gasteiger partial charge in [0.2, 0.25) is 0 Å². The number of benzene rings is 3. The van der Waals surface area contributed by atoms with Crippen molar-refractivity contribution in [3.8, 4) is 5.75 Å². The number of nitrogens with zero attached hydrogens (tertiary/aromatic N) is 1. The van der Waals surface area contributed by atoms with E-state index in [4.69, 9.17) is 4.74 Å². The van der Waals surface area contributed by atoms with Gasteiger partial charge >= 0.3 is 0 Å². The highest BCUT2D eigenvalue weighted by molar-refractivity contribution is 7.91. The van der Waals surface area contributed by atoms with Gasteiger partial charge in [-0.15, -0.1) is 0 Å². The van der Waals surface area contributed by atoms with Gasteiger partial charge in [0, 0.05) is 12.6 Å². The second-order valence-corrected chi connectivity index (χ2v) is 10.8. The lowest BCUT2D eigenvalue weighted by Crippen LogP contribution is -2.46. The van der Waals surface area contributed by atoms with Gasteiger partial charge < -0.3 is 9.64 Å². The lowest BCUT2D eigenvalue weighted by molar-refractivity contribution is -0.140. The molecule has 3 aromatic carbocycles.